The zero-order chi connectivity index (χ0) is 22.7. The molecule has 0 spiro atoms. The summed E-state index contributed by atoms with van der Waals surface area (Å²) in [7, 11) is 0. The highest BCUT2D eigenvalue weighted by Gasteiger charge is 2.26. The summed E-state index contributed by atoms with van der Waals surface area (Å²) in [5.41, 5.74) is 5.20. The third kappa shape index (κ3) is 8.79. The summed E-state index contributed by atoms with van der Waals surface area (Å²) >= 11 is 0. The second-order valence-electron chi connectivity index (χ2n) is 8.61. The van der Waals surface area contributed by atoms with Gasteiger partial charge in [-0.25, -0.2) is 9.78 Å². The highest BCUT2D eigenvalue weighted by Crippen LogP contribution is 2.40. The van der Waals surface area contributed by atoms with E-state index in [4.69, 9.17) is 9.47 Å². The van der Waals surface area contributed by atoms with Crippen LogP contribution in [0.4, 0.5) is 0 Å². The molecule has 0 atom stereocenters. The van der Waals surface area contributed by atoms with E-state index in [0.29, 0.717) is 5.88 Å². The lowest BCUT2D eigenvalue weighted by Crippen LogP contribution is -2.19. The molecule has 166 valence electrons. The zero-order valence-electron chi connectivity index (χ0n) is 19.5. The van der Waals surface area contributed by atoms with Crippen molar-refractivity contribution in [1.29, 1.82) is 0 Å². The first kappa shape index (κ1) is 24.4. The van der Waals surface area contributed by atoms with E-state index in [9.17, 15) is 4.79 Å². The van der Waals surface area contributed by atoms with Crippen molar-refractivity contribution < 1.29 is 14.3 Å². The van der Waals surface area contributed by atoms with Crippen LogP contribution in [0, 0.1) is 5.41 Å². The van der Waals surface area contributed by atoms with E-state index in [-0.39, 0.29) is 24.6 Å². The van der Waals surface area contributed by atoms with Crippen LogP contribution in [0.2, 0.25) is 0 Å². The summed E-state index contributed by atoms with van der Waals surface area (Å²) in [6.07, 6.45) is 17.2. The van der Waals surface area contributed by atoms with Crippen molar-refractivity contribution >= 4 is 5.97 Å². The quantitative estimate of drug-likeness (QED) is 0.197. The summed E-state index contributed by atoms with van der Waals surface area (Å²) in [5, 5.41) is 0. The average Bonchev–Trinajstić information content (AvgIpc) is 2.71. The number of pyridine rings is 1. The Bertz CT molecular complexity index is 886. The molecule has 0 fully saturated rings. The van der Waals surface area contributed by atoms with Crippen molar-refractivity contribution in [2.45, 2.75) is 53.9 Å². The van der Waals surface area contributed by atoms with Gasteiger partial charge in [0.05, 0.1) is 0 Å². The minimum atomic E-state index is -0.380. The predicted molar refractivity (Wildman–Crippen MR) is 127 cm³/mol. The minimum absolute atomic E-state index is 0.179. The van der Waals surface area contributed by atoms with Crippen LogP contribution in [0.3, 0.4) is 0 Å². The maximum Gasteiger partial charge on any atom is 0.331 e. The lowest BCUT2D eigenvalue weighted by atomic mass is 9.72. The van der Waals surface area contributed by atoms with E-state index < -0.39 is 0 Å². The van der Waals surface area contributed by atoms with Gasteiger partial charge in [0.15, 0.2) is 0 Å². The molecule has 1 aliphatic rings. The molecular weight excluding hydrogens is 386 g/mol. The highest BCUT2D eigenvalue weighted by atomic mass is 16.6. The summed E-state index contributed by atoms with van der Waals surface area (Å²) in [6.45, 7) is 11.3. The average molecular weight is 422 g/mol. The fraction of sp³-hybridized carbons (Fsp3) is 0.407. The summed E-state index contributed by atoms with van der Waals surface area (Å²) in [5.74, 6) is 0.136. The lowest BCUT2D eigenvalue weighted by Gasteiger charge is -2.32. The van der Waals surface area contributed by atoms with Crippen LogP contribution in [0.25, 0.3) is 0 Å². The molecule has 0 bridgehead atoms. The zero-order valence-corrected chi connectivity index (χ0v) is 19.5. The topological polar surface area (TPSA) is 48.4 Å². The summed E-state index contributed by atoms with van der Waals surface area (Å²) in [4.78, 5) is 15.9. The van der Waals surface area contributed by atoms with E-state index in [2.05, 4.69) is 44.8 Å². The largest absolute Gasteiger partial charge is 0.474 e. The monoisotopic (exact) mass is 421 g/mol. The van der Waals surface area contributed by atoms with Crippen molar-refractivity contribution in [3.8, 4) is 5.88 Å². The van der Waals surface area contributed by atoms with Gasteiger partial charge in [-0.05, 0) is 62.7 Å². The Balaban J connectivity index is 1.80. The van der Waals surface area contributed by atoms with Crippen LogP contribution in [-0.2, 0) is 9.53 Å². The third-order valence-corrected chi connectivity index (χ3v) is 5.33. The SMILES string of the molecule is CC(C=CC1=C(C)CCCC1(C)C)=CC=CC(C)=CC(=O)OCCOc1ccccn1. The molecule has 31 heavy (non-hydrogen) atoms. The van der Waals surface area contributed by atoms with Gasteiger partial charge in [-0.3, -0.25) is 0 Å². The number of allylic oxidation sites excluding steroid dienone is 9. The summed E-state index contributed by atoms with van der Waals surface area (Å²) < 4.78 is 10.6. The molecule has 0 N–H and O–H groups in total. The van der Waals surface area contributed by atoms with Gasteiger partial charge < -0.3 is 9.47 Å². The van der Waals surface area contributed by atoms with Crippen molar-refractivity contribution in [2.75, 3.05) is 13.2 Å². The van der Waals surface area contributed by atoms with E-state index in [1.54, 1.807) is 12.3 Å². The second-order valence-corrected chi connectivity index (χ2v) is 8.61. The number of ether oxygens (including phenoxy) is 2. The molecule has 0 aromatic carbocycles. The van der Waals surface area contributed by atoms with Crippen LogP contribution in [0.1, 0.15) is 53.9 Å². The fourth-order valence-corrected chi connectivity index (χ4v) is 3.63. The minimum Gasteiger partial charge on any atom is -0.474 e. The molecule has 1 aliphatic carbocycles. The number of rotatable bonds is 9. The Morgan fingerprint density at radius 1 is 1.16 bits per heavy atom. The van der Waals surface area contributed by atoms with Crippen molar-refractivity contribution in [2.24, 2.45) is 5.41 Å². The number of carbonyl (C=O) groups is 1. The van der Waals surface area contributed by atoms with Gasteiger partial charge in [0.2, 0.25) is 5.88 Å². The first-order valence-electron chi connectivity index (χ1n) is 10.9. The molecular formula is C27H35NO3. The smallest absolute Gasteiger partial charge is 0.331 e. The Kier molecular flexibility index (Phi) is 9.51. The molecule has 1 aromatic heterocycles. The van der Waals surface area contributed by atoms with Crippen LogP contribution >= 0.6 is 0 Å². The van der Waals surface area contributed by atoms with Crippen LogP contribution in [0.5, 0.6) is 5.88 Å². The van der Waals surface area contributed by atoms with Crippen molar-refractivity contribution in [3.05, 3.63) is 83.1 Å². The van der Waals surface area contributed by atoms with Crippen LogP contribution < -0.4 is 4.74 Å². The van der Waals surface area contributed by atoms with E-state index in [1.807, 2.05) is 37.3 Å². The number of hydrogen-bond donors (Lipinski definition) is 0. The lowest BCUT2D eigenvalue weighted by molar-refractivity contribution is -0.138. The molecule has 4 heteroatoms. The van der Waals surface area contributed by atoms with Gasteiger partial charge in [-0.1, -0.05) is 61.4 Å². The first-order chi connectivity index (χ1) is 14.8. The molecule has 0 amide bonds. The fourth-order valence-electron chi connectivity index (χ4n) is 3.63. The van der Waals surface area contributed by atoms with Crippen LogP contribution in [-0.4, -0.2) is 24.2 Å². The number of hydrogen-bond acceptors (Lipinski definition) is 4. The molecule has 1 aromatic rings. The van der Waals surface area contributed by atoms with E-state index >= 15 is 0 Å². The molecule has 2 rings (SSSR count). The Morgan fingerprint density at radius 2 is 1.97 bits per heavy atom. The van der Waals surface area contributed by atoms with E-state index in [0.717, 1.165) is 5.57 Å². The standard InChI is InChI=1S/C27H35NO3/c1-21(14-15-24-23(3)12-9-16-27(24,4)5)10-8-11-22(2)20-26(29)31-19-18-30-25-13-6-7-17-28-25/h6-8,10-11,13-15,17,20H,9,12,16,18-19H2,1-5H3. The van der Waals surface area contributed by atoms with Gasteiger partial charge in [-0.2, -0.15) is 0 Å². The van der Waals surface area contributed by atoms with E-state index in [1.165, 1.54) is 42.1 Å². The highest BCUT2D eigenvalue weighted by molar-refractivity contribution is 5.83. The number of nitrogens with zero attached hydrogens (tertiary/aromatic N) is 1. The Hall–Kier alpha value is -2.88. The predicted octanol–water partition coefficient (Wildman–Crippen LogP) is 6.54. The normalized spacial score (nSPS) is 17.5. The van der Waals surface area contributed by atoms with Gasteiger partial charge in [0, 0.05) is 18.3 Å². The van der Waals surface area contributed by atoms with Gasteiger partial charge in [0.25, 0.3) is 0 Å². The Morgan fingerprint density at radius 3 is 2.68 bits per heavy atom. The van der Waals surface area contributed by atoms with Crippen molar-refractivity contribution in [1.82, 2.24) is 4.98 Å². The van der Waals surface area contributed by atoms with Crippen molar-refractivity contribution in [3.63, 3.8) is 0 Å². The maximum atomic E-state index is 11.9. The molecule has 0 unspecified atom stereocenters. The third-order valence-electron chi connectivity index (χ3n) is 5.33. The molecule has 0 saturated heterocycles. The molecule has 1 heterocycles. The summed E-state index contributed by atoms with van der Waals surface area (Å²) in [6, 6.07) is 5.42. The molecule has 4 nitrogen and oxygen atoms in total. The molecule has 0 radical (unpaired) electrons. The Labute approximate surface area is 187 Å². The molecule has 0 aliphatic heterocycles. The van der Waals surface area contributed by atoms with Gasteiger partial charge in [0.1, 0.15) is 13.2 Å². The molecule has 0 saturated carbocycles. The second kappa shape index (κ2) is 12.1. The first-order valence-corrected chi connectivity index (χ1v) is 10.9. The van der Waals surface area contributed by atoms with Gasteiger partial charge >= 0.3 is 5.97 Å². The number of carbonyl (C=O) groups excluding carboxylic acids is 1. The van der Waals surface area contributed by atoms with Crippen LogP contribution in [0.15, 0.2) is 83.1 Å². The number of aromatic nitrogens is 1. The maximum absolute atomic E-state index is 11.9. The number of esters is 1. The van der Waals surface area contributed by atoms with Gasteiger partial charge in [-0.15, -0.1) is 0 Å².